The van der Waals surface area contributed by atoms with E-state index in [0.29, 0.717) is 5.56 Å². The van der Waals surface area contributed by atoms with Crippen molar-refractivity contribution in [1.29, 1.82) is 0 Å². The lowest BCUT2D eigenvalue weighted by Gasteiger charge is -2.07. The van der Waals surface area contributed by atoms with Gasteiger partial charge in [0.1, 0.15) is 5.75 Å². The fourth-order valence-electron chi connectivity index (χ4n) is 1.39. The van der Waals surface area contributed by atoms with Crippen LogP contribution in [0.4, 0.5) is 0 Å². The Labute approximate surface area is 100 Å². The molecule has 17 heavy (non-hydrogen) atoms. The standard InChI is InChI=1S/C14H13NO2/c16-14(12-7-3-1-4-8-12)15-11-17-13-9-5-2-6-10-13/h1-10H,11H2,(H,15,16). The number of rotatable bonds is 4. The summed E-state index contributed by atoms with van der Waals surface area (Å²) in [7, 11) is 0. The van der Waals surface area contributed by atoms with E-state index in [1.807, 2.05) is 48.5 Å². The molecule has 0 fully saturated rings. The van der Waals surface area contributed by atoms with Crippen LogP contribution in [0.25, 0.3) is 0 Å². The van der Waals surface area contributed by atoms with Crippen LogP contribution in [0.2, 0.25) is 0 Å². The summed E-state index contributed by atoms with van der Waals surface area (Å²) in [5.41, 5.74) is 0.629. The molecule has 3 nitrogen and oxygen atoms in total. The van der Waals surface area contributed by atoms with Crippen LogP contribution in [-0.4, -0.2) is 12.6 Å². The topological polar surface area (TPSA) is 38.3 Å². The maximum absolute atomic E-state index is 11.6. The van der Waals surface area contributed by atoms with Gasteiger partial charge in [-0.15, -0.1) is 0 Å². The molecule has 3 heteroatoms. The second-order valence-electron chi connectivity index (χ2n) is 3.47. The number of benzene rings is 2. The highest BCUT2D eigenvalue weighted by molar-refractivity contribution is 5.93. The van der Waals surface area contributed by atoms with E-state index in [2.05, 4.69) is 5.32 Å². The van der Waals surface area contributed by atoms with Crippen molar-refractivity contribution >= 4 is 5.91 Å². The molecule has 0 aliphatic carbocycles. The highest BCUT2D eigenvalue weighted by Crippen LogP contribution is 2.07. The summed E-state index contributed by atoms with van der Waals surface area (Å²) in [6.07, 6.45) is 0. The zero-order valence-corrected chi connectivity index (χ0v) is 9.30. The number of hydrogen-bond donors (Lipinski definition) is 1. The van der Waals surface area contributed by atoms with E-state index in [9.17, 15) is 4.79 Å². The summed E-state index contributed by atoms with van der Waals surface area (Å²) < 4.78 is 5.37. The van der Waals surface area contributed by atoms with Crippen LogP contribution >= 0.6 is 0 Å². The monoisotopic (exact) mass is 227 g/mol. The molecule has 0 aliphatic rings. The van der Waals surface area contributed by atoms with Crippen molar-refractivity contribution < 1.29 is 9.53 Å². The molecular weight excluding hydrogens is 214 g/mol. The van der Waals surface area contributed by atoms with Crippen molar-refractivity contribution in [3.05, 3.63) is 66.2 Å². The van der Waals surface area contributed by atoms with E-state index in [-0.39, 0.29) is 12.6 Å². The van der Waals surface area contributed by atoms with Gasteiger partial charge in [0.05, 0.1) is 0 Å². The van der Waals surface area contributed by atoms with Gasteiger partial charge >= 0.3 is 0 Å². The average molecular weight is 227 g/mol. The highest BCUT2D eigenvalue weighted by Gasteiger charge is 2.02. The zero-order chi connectivity index (χ0) is 11.9. The molecule has 1 amide bonds. The Morgan fingerprint density at radius 2 is 1.53 bits per heavy atom. The van der Waals surface area contributed by atoms with E-state index in [1.54, 1.807) is 12.1 Å². The number of carbonyl (C=O) groups is 1. The predicted molar refractivity (Wildman–Crippen MR) is 65.8 cm³/mol. The second-order valence-corrected chi connectivity index (χ2v) is 3.47. The van der Waals surface area contributed by atoms with Crippen molar-refractivity contribution in [1.82, 2.24) is 5.32 Å². The summed E-state index contributed by atoms with van der Waals surface area (Å²) in [5, 5.41) is 2.69. The first-order chi connectivity index (χ1) is 8.36. The molecule has 0 aromatic heterocycles. The Morgan fingerprint density at radius 1 is 0.941 bits per heavy atom. The van der Waals surface area contributed by atoms with Crippen molar-refractivity contribution in [3.8, 4) is 5.75 Å². The first-order valence-corrected chi connectivity index (χ1v) is 5.37. The molecule has 0 atom stereocenters. The normalized spacial score (nSPS) is 9.65. The van der Waals surface area contributed by atoms with Gasteiger partial charge in [0.25, 0.3) is 5.91 Å². The van der Waals surface area contributed by atoms with E-state index >= 15 is 0 Å². The van der Waals surface area contributed by atoms with Gasteiger partial charge in [-0.2, -0.15) is 0 Å². The molecule has 2 rings (SSSR count). The molecule has 2 aromatic carbocycles. The Bertz CT molecular complexity index is 468. The molecule has 0 heterocycles. The third kappa shape index (κ3) is 3.34. The number of carbonyl (C=O) groups excluding carboxylic acids is 1. The number of ether oxygens (including phenoxy) is 1. The first kappa shape index (κ1) is 11.2. The molecule has 0 bridgehead atoms. The van der Waals surface area contributed by atoms with Crippen LogP contribution in [0, 0.1) is 0 Å². The van der Waals surface area contributed by atoms with Crippen molar-refractivity contribution in [2.24, 2.45) is 0 Å². The zero-order valence-electron chi connectivity index (χ0n) is 9.30. The molecule has 0 saturated heterocycles. The third-order valence-electron chi connectivity index (χ3n) is 2.25. The summed E-state index contributed by atoms with van der Waals surface area (Å²) in [5.74, 6) is 0.599. The van der Waals surface area contributed by atoms with E-state index in [1.165, 1.54) is 0 Å². The molecular formula is C14H13NO2. The SMILES string of the molecule is O=C(NCOc1ccccc1)c1ccccc1. The van der Waals surface area contributed by atoms with Crippen LogP contribution in [0.5, 0.6) is 5.75 Å². The third-order valence-corrected chi connectivity index (χ3v) is 2.25. The summed E-state index contributed by atoms with van der Waals surface area (Å²) in [6.45, 7) is 0.164. The predicted octanol–water partition coefficient (Wildman–Crippen LogP) is 2.45. The number of nitrogens with one attached hydrogen (secondary N) is 1. The van der Waals surface area contributed by atoms with E-state index in [4.69, 9.17) is 4.74 Å². The Kier molecular flexibility index (Phi) is 3.76. The van der Waals surface area contributed by atoms with Crippen LogP contribution in [-0.2, 0) is 0 Å². The molecule has 86 valence electrons. The lowest BCUT2D eigenvalue weighted by molar-refractivity contribution is 0.0919. The summed E-state index contributed by atoms with van der Waals surface area (Å²) in [6, 6.07) is 18.4. The first-order valence-electron chi connectivity index (χ1n) is 5.37. The van der Waals surface area contributed by atoms with Crippen LogP contribution in [0.1, 0.15) is 10.4 Å². The van der Waals surface area contributed by atoms with Gasteiger partial charge in [0, 0.05) is 5.56 Å². The van der Waals surface area contributed by atoms with E-state index in [0.717, 1.165) is 5.75 Å². The van der Waals surface area contributed by atoms with Gasteiger partial charge in [-0.05, 0) is 24.3 Å². The minimum Gasteiger partial charge on any atom is -0.473 e. The molecule has 0 saturated carbocycles. The number of hydrogen-bond acceptors (Lipinski definition) is 2. The van der Waals surface area contributed by atoms with Crippen LogP contribution in [0.15, 0.2) is 60.7 Å². The van der Waals surface area contributed by atoms with Gasteiger partial charge in [-0.25, -0.2) is 0 Å². The van der Waals surface area contributed by atoms with E-state index < -0.39 is 0 Å². The molecule has 0 spiro atoms. The average Bonchev–Trinajstić information content (AvgIpc) is 2.41. The summed E-state index contributed by atoms with van der Waals surface area (Å²) in [4.78, 5) is 11.6. The maximum atomic E-state index is 11.6. The van der Waals surface area contributed by atoms with Gasteiger partial charge in [-0.1, -0.05) is 36.4 Å². The van der Waals surface area contributed by atoms with Gasteiger partial charge < -0.3 is 10.1 Å². The van der Waals surface area contributed by atoms with Gasteiger partial charge in [0.15, 0.2) is 6.73 Å². The van der Waals surface area contributed by atoms with Gasteiger partial charge in [-0.3, -0.25) is 4.79 Å². The lowest BCUT2D eigenvalue weighted by atomic mass is 10.2. The number of para-hydroxylation sites is 1. The largest absolute Gasteiger partial charge is 0.473 e. The van der Waals surface area contributed by atoms with Gasteiger partial charge in [0.2, 0.25) is 0 Å². The lowest BCUT2D eigenvalue weighted by Crippen LogP contribution is -2.27. The smallest absolute Gasteiger partial charge is 0.253 e. The Hall–Kier alpha value is -2.29. The molecule has 2 aromatic rings. The minimum atomic E-state index is -0.137. The maximum Gasteiger partial charge on any atom is 0.253 e. The van der Waals surface area contributed by atoms with Crippen LogP contribution in [0.3, 0.4) is 0 Å². The fraction of sp³-hybridized carbons (Fsp3) is 0.0714. The molecule has 0 unspecified atom stereocenters. The fourth-order valence-corrected chi connectivity index (χ4v) is 1.39. The summed E-state index contributed by atoms with van der Waals surface area (Å²) >= 11 is 0. The number of amides is 1. The van der Waals surface area contributed by atoms with Crippen molar-refractivity contribution in [2.75, 3.05) is 6.73 Å². The molecule has 1 N–H and O–H groups in total. The van der Waals surface area contributed by atoms with Crippen molar-refractivity contribution in [3.63, 3.8) is 0 Å². The second kappa shape index (κ2) is 5.70. The highest BCUT2D eigenvalue weighted by atomic mass is 16.5. The molecule has 0 radical (unpaired) electrons. The van der Waals surface area contributed by atoms with Crippen molar-refractivity contribution in [2.45, 2.75) is 0 Å². The van der Waals surface area contributed by atoms with Crippen LogP contribution < -0.4 is 10.1 Å². The minimum absolute atomic E-state index is 0.137. The Balaban J connectivity index is 1.82. The molecule has 0 aliphatic heterocycles. The quantitative estimate of drug-likeness (QED) is 0.815. The Morgan fingerprint density at radius 3 is 2.18 bits per heavy atom.